The maximum absolute atomic E-state index is 11.3. The van der Waals surface area contributed by atoms with Crippen LogP contribution in [0.15, 0.2) is 0 Å². The molecule has 1 unspecified atom stereocenters. The van der Waals surface area contributed by atoms with Gasteiger partial charge < -0.3 is 10.5 Å². The van der Waals surface area contributed by atoms with Gasteiger partial charge >= 0.3 is 0 Å². The molecular formula is C10H19NO2. The molecule has 2 N–H and O–H groups in total. The molecule has 0 amide bonds. The normalized spacial score (nSPS) is 19.1. The lowest BCUT2D eigenvalue weighted by molar-refractivity contribution is -0.125. The minimum atomic E-state index is 0.0725. The van der Waals surface area contributed by atoms with Crippen LogP contribution in [-0.4, -0.2) is 24.5 Å². The predicted molar refractivity (Wildman–Crippen MR) is 51.4 cm³/mol. The highest BCUT2D eigenvalue weighted by Crippen LogP contribution is 2.32. The molecule has 0 spiro atoms. The van der Waals surface area contributed by atoms with E-state index in [9.17, 15) is 4.79 Å². The van der Waals surface area contributed by atoms with Crippen LogP contribution in [0.25, 0.3) is 0 Å². The van der Waals surface area contributed by atoms with Crippen molar-refractivity contribution in [2.75, 3.05) is 6.61 Å². The van der Waals surface area contributed by atoms with Gasteiger partial charge in [-0.15, -0.1) is 0 Å². The van der Waals surface area contributed by atoms with Gasteiger partial charge in [-0.3, -0.25) is 4.79 Å². The van der Waals surface area contributed by atoms with Gasteiger partial charge in [0, 0.05) is 12.5 Å². The first-order chi connectivity index (χ1) is 6.09. The quantitative estimate of drug-likeness (QED) is 0.674. The van der Waals surface area contributed by atoms with Crippen LogP contribution in [0.4, 0.5) is 0 Å². The van der Waals surface area contributed by atoms with Gasteiger partial charge in [-0.2, -0.15) is 0 Å². The molecule has 0 heterocycles. The van der Waals surface area contributed by atoms with Gasteiger partial charge in [0.2, 0.25) is 0 Å². The molecule has 0 aromatic carbocycles. The third-order valence-electron chi connectivity index (χ3n) is 2.27. The van der Waals surface area contributed by atoms with Crippen molar-refractivity contribution in [1.82, 2.24) is 0 Å². The van der Waals surface area contributed by atoms with Gasteiger partial charge in [-0.1, -0.05) is 0 Å². The first-order valence-electron chi connectivity index (χ1n) is 4.98. The molecule has 0 radical (unpaired) electrons. The Bertz CT molecular complexity index is 176. The third kappa shape index (κ3) is 4.39. The standard InChI is InChI=1S/C10H19NO2/c1-7(2)13-6-9(12)5-10(11)8-3-4-8/h7-8,10H,3-6,11H2,1-2H3. The fourth-order valence-electron chi connectivity index (χ4n) is 1.27. The number of ether oxygens (including phenoxy) is 1. The third-order valence-corrected chi connectivity index (χ3v) is 2.27. The number of hydrogen-bond donors (Lipinski definition) is 1. The summed E-state index contributed by atoms with van der Waals surface area (Å²) in [5, 5.41) is 0. The Hall–Kier alpha value is -0.410. The fourth-order valence-corrected chi connectivity index (χ4v) is 1.27. The predicted octanol–water partition coefficient (Wildman–Crippen LogP) is 1.11. The second kappa shape index (κ2) is 4.72. The molecule has 1 aliphatic carbocycles. The monoisotopic (exact) mass is 185 g/mol. The van der Waals surface area contributed by atoms with Crippen molar-refractivity contribution in [2.45, 2.75) is 45.3 Å². The van der Waals surface area contributed by atoms with Crippen LogP contribution in [0.3, 0.4) is 0 Å². The van der Waals surface area contributed by atoms with Crippen molar-refractivity contribution < 1.29 is 9.53 Å². The van der Waals surface area contributed by atoms with E-state index < -0.39 is 0 Å². The van der Waals surface area contributed by atoms with Crippen molar-refractivity contribution in [3.8, 4) is 0 Å². The zero-order chi connectivity index (χ0) is 9.84. The lowest BCUT2D eigenvalue weighted by Gasteiger charge is -2.10. The summed E-state index contributed by atoms with van der Waals surface area (Å²) < 4.78 is 5.20. The molecule has 1 rings (SSSR count). The van der Waals surface area contributed by atoms with Crippen molar-refractivity contribution in [3.05, 3.63) is 0 Å². The van der Waals surface area contributed by atoms with Crippen molar-refractivity contribution in [2.24, 2.45) is 11.7 Å². The highest BCUT2D eigenvalue weighted by molar-refractivity contribution is 5.80. The average Bonchev–Trinajstić information content (AvgIpc) is 2.82. The van der Waals surface area contributed by atoms with Crippen molar-refractivity contribution >= 4 is 5.78 Å². The Kier molecular flexibility index (Phi) is 3.88. The first kappa shape index (κ1) is 10.7. The van der Waals surface area contributed by atoms with Crippen LogP contribution in [0.2, 0.25) is 0 Å². The molecular weight excluding hydrogens is 166 g/mol. The number of hydrogen-bond acceptors (Lipinski definition) is 3. The van der Waals surface area contributed by atoms with E-state index >= 15 is 0 Å². The first-order valence-corrected chi connectivity index (χ1v) is 4.98. The maximum Gasteiger partial charge on any atom is 0.160 e. The average molecular weight is 185 g/mol. The van der Waals surface area contributed by atoms with Crippen LogP contribution in [0.5, 0.6) is 0 Å². The van der Waals surface area contributed by atoms with E-state index in [2.05, 4.69) is 0 Å². The van der Waals surface area contributed by atoms with Crippen LogP contribution in [-0.2, 0) is 9.53 Å². The van der Waals surface area contributed by atoms with Gasteiger partial charge in [-0.05, 0) is 32.6 Å². The molecule has 0 saturated heterocycles. The van der Waals surface area contributed by atoms with Gasteiger partial charge in [0.1, 0.15) is 6.61 Å². The summed E-state index contributed by atoms with van der Waals surface area (Å²) in [4.78, 5) is 11.3. The molecule has 1 atom stereocenters. The van der Waals surface area contributed by atoms with E-state index in [0.717, 1.165) is 0 Å². The largest absolute Gasteiger partial charge is 0.371 e. The van der Waals surface area contributed by atoms with E-state index in [-0.39, 0.29) is 24.5 Å². The molecule has 1 saturated carbocycles. The molecule has 0 bridgehead atoms. The summed E-state index contributed by atoms with van der Waals surface area (Å²) >= 11 is 0. The van der Waals surface area contributed by atoms with Gasteiger partial charge in [0.05, 0.1) is 6.10 Å². The van der Waals surface area contributed by atoms with Gasteiger partial charge in [0.15, 0.2) is 5.78 Å². The van der Waals surface area contributed by atoms with Crippen LogP contribution in [0.1, 0.15) is 33.1 Å². The van der Waals surface area contributed by atoms with Gasteiger partial charge in [-0.25, -0.2) is 0 Å². The topological polar surface area (TPSA) is 52.3 Å². The minimum Gasteiger partial charge on any atom is -0.371 e. The molecule has 0 aromatic rings. The molecule has 0 aliphatic heterocycles. The summed E-state index contributed by atoms with van der Waals surface area (Å²) in [7, 11) is 0. The summed E-state index contributed by atoms with van der Waals surface area (Å²) in [5.74, 6) is 0.732. The minimum absolute atomic E-state index is 0.0725. The molecule has 76 valence electrons. The second-order valence-electron chi connectivity index (χ2n) is 4.10. The lowest BCUT2D eigenvalue weighted by atomic mass is 10.1. The van der Waals surface area contributed by atoms with Crippen LogP contribution < -0.4 is 5.73 Å². The Labute approximate surface area is 79.6 Å². The molecule has 3 nitrogen and oxygen atoms in total. The Balaban J connectivity index is 2.09. The molecule has 1 aliphatic rings. The summed E-state index contributed by atoms with van der Waals surface area (Å²) in [6.07, 6.45) is 3.00. The number of carbonyl (C=O) groups is 1. The molecule has 0 aromatic heterocycles. The number of Topliss-reactive ketones (excluding diaryl/α,β-unsaturated/α-hetero) is 1. The summed E-state index contributed by atoms with van der Waals surface area (Å²) in [6.45, 7) is 4.07. The highest BCUT2D eigenvalue weighted by atomic mass is 16.5. The van der Waals surface area contributed by atoms with E-state index in [4.69, 9.17) is 10.5 Å². The Morgan fingerprint density at radius 2 is 2.15 bits per heavy atom. The lowest BCUT2D eigenvalue weighted by Crippen LogP contribution is -2.28. The molecule has 1 fully saturated rings. The van der Waals surface area contributed by atoms with E-state index in [0.29, 0.717) is 12.3 Å². The SMILES string of the molecule is CC(C)OCC(=O)CC(N)C1CC1. The van der Waals surface area contributed by atoms with Gasteiger partial charge in [0.25, 0.3) is 0 Å². The van der Waals surface area contributed by atoms with Crippen molar-refractivity contribution in [3.63, 3.8) is 0 Å². The zero-order valence-electron chi connectivity index (χ0n) is 8.45. The number of carbonyl (C=O) groups excluding carboxylic acids is 1. The van der Waals surface area contributed by atoms with E-state index in [1.54, 1.807) is 0 Å². The Morgan fingerprint density at radius 3 is 2.62 bits per heavy atom. The highest BCUT2D eigenvalue weighted by Gasteiger charge is 2.29. The van der Waals surface area contributed by atoms with Crippen LogP contribution >= 0.6 is 0 Å². The van der Waals surface area contributed by atoms with Crippen LogP contribution in [0, 0.1) is 5.92 Å². The second-order valence-corrected chi connectivity index (χ2v) is 4.10. The fraction of sp³-hybridized carbons (Fsp3) is 0.900. The molecule has 3 heteroatoms. The van der Waals surface area contributed by atoms with E-state index in [1.165, 1.54) is 12.8 Å². The number of nitrogens with two attached hydrogens (primary N) is 1. The zero-order valence-corrected chi connectivity index (χ0v) is 8.45. The summed E-state index contributed by atoms with van der Waals surface area (Å²) in [6, 6.07) is 0.0725. The maximum atomic E-state index is 11.3. The number of rotatable bonds is 6. The Morgan fingerprint density at radius 1 is 1.54 bits per heavy atom. The number of ketones is 1. The summed E-state index contributed by atoms with van der Waals surface area (Å²) in [5.41, 5.74) is 5.81. The van der Waals surface area contributed by atoms with Crippen molar-refractivity contribution in [1.29, 1.82) is 0 Å². The van der Waals surface area contributed by atoms with E-state index in [1.807, 2.05) is 13.8 Å². The molecule has 13 heavy (non-hydrogen) atoms. The smallest absolute Gasteiger partial charge is 0.160 e.